The van der Waals surface area contributed by atoms with Gasteiger partial charge in [0.25, 0.3) is 5.91 Å². The lowest BCUT2D eigenvalue weighted by Gasteiger charge is -2.06. The van der Waals surface area contributed by atoms with Crippen LogP contribution in [0.25, 0.3) is 10.9 Å². The molecule has 0 spiro atoms. The molecule has 146 valence electrons. The third-order valence-electron chi connectivity index (χ3n) is 4.21. The van der Waals surface area contributed by atoms with Crippen LogP contribution in [0.2, 0.25) is 0 Å². The van der Waals surface area contributed by atoms with Crippen molar-refractivity contribution in [3.8, 4) is 0 Å². The van der Waals surface area contributed by atoms with E-state index in [1.165, 1.54) is 24.3 Å². The highest BCUT2D eigenvalue weighted by atomic mass is 32.2. The van der Waals surface area contributed by atoms with Gasteiger partial charge in [-0.05, 0) is 61.4 Å². The average molecular weight is 400 g/mol. The van der Waals surface area contributed by atoms with Crippen LogP contribution in [0.3, 0.4) is 0 Å². The molecule has 3 aromatic rings. The van der Waals surface area contributed by atoms with Gasteiger partial charge in [0.15, 0.2) is 16.4 Å². The summed E-state index contributed by atoms with van der Waals surface area (Å²) in [6.07, 6.45) is 1.10. The number of hydrogen-bond donors (Lipinski definition) is 2. The summed E-state index contributed by atoms with van der Waals surface area (Å²) in [6.45, 7) is 3.47. The lowest BCUT2D eigenvalue weighted by Crippen LogP contribution is -2.21. The summed E-state index contributed by atoms with van der Waals surface area (Å²) >= 11 is 0. The number of hydrogen-bond acceptors (Lipinski definition) is 5. The molecule has 3 rings (SSSR count). The fraction of sp³-hybridized carbons (Fsp3) is 0.200. The third-order valence-corrected chi connectivity index (χ3v) is 5.34. The number of ether oxygens (including phenoxy) is 1. The van der Waals surface area contributed by atoms with Gasteiger partial charge in [-0.15, -0.1) is 0 Å². The van der Waals surface area contributed by atoms with E-state index in [-0.39, 0.29) is 10.6 Å². The molecule has 1 aromatic heterocycles. The van der Waals surface area contributed by atoms with Gasteiger partial charge in [-0.3, -0.25) is 4.79 Å². The second-order valence-corrected chi connectivity index (χ2v) is 8.66. The standard InChI is InChI=1S/C20H20N2O5S/c1-12-8-13(2)16-10-18(22-17(16)9-12)20(24)27-11-19(23)21-14-4-6-15(7-5-14)28(3,25)26/h4-10,22H,11H2,1-3H3,(H,21,23). The molecule has 0 aliphatic carbocycles. The number of benzene rings is 2. The van der Waals surface area contributed by atoms with Gasteiger partial charge in [0, 0.05) is 22.8 Å². The molecule has 2 N–H and O–H groups in total. The average Bonchev–Trinajstić information content (AvgIpc) is 3.04. The Kier molecular flexibility index (Phi) is 5.24. The number of esters is 1. The van der Waals surface area contributed by atoms with E-state index in [0.717, 1.165) is 28.3 Å². The van der Waals surface area contributed by atoms with Gasteiger partial charge < -0.3 is 15.0 Å². The second kappa shape index (κ2) is 7.47. The number of H-pyrrole nitrogens is 1. The minimum absolute atomic E-state index is 0.154. The van der Waals surface area contributed by atoms with E-state index < -0.39 is 28.3 Å². The maximum absolute atomic E-state index is 12.2. The number of fused-ring (bicyclic) bond motifs is 1. The van der Waals surface area contributed by atoms with Crippen LogP contribution < -0.4 is 5.32 Å². The van der Waals surface area contributed by atoms with Gasteiger partial charge in [0.1, 0.15) is 5.69 Å². The van der Waals surface area contributed by atoms with E-state index in [0.29, 0.717) is 5.69 Å². The first-order valence-corrected chi connectivity index (χ1v) is 10.4. The van der Waals surface area contributed by atoms with Gasteiger partial charge in [0.05, 0.1) is 4.90 Å². The number of carbonyl (C=O) groups excluding carboxylic acids is 2. The van der Waals surface area contributed by atoms with Crippen LogP contribution in [0.15, 0.2) is 47.4 Å². The smallest absolute Gasteiger partial charge is 0.355 e. The van der Waals surface area contributed by atoms with Gasteiger partial charge in [-0.1, -0.05) is 6.07 Å². The maximum atomic E-state index is 12.2. The monoisotopic (exact) mass is 400 g/mol. The molecule has 2 aromatic carbocycles. The molecule has 8 heteroatoms. The fourth-order valence-corrected chi connectivity index (χ4v) is 3.53. The number of aryl methyl sites for hydroxylation is 2. The van der Waals surface area contributed by atoms with Crippen molar-refractivity contribution in [2.45, 2.75) is 18.7 Å². The molecule has 0 saturated heterocycles. The number of nitrogens with one attached hydrogen (secondary N) is 2. The topological polar surface area (TPSA) is 105 Å². The maximum Gasteiger partial charge on any atom is 0.355 e. The summed E-state index contributed by atoms with van der Waals surface area (Å²) in [5.74, 6) is -1.15. The number of amides is 1. The Hall–Kier alpha value is -3.13. The quantitative estimate of drug-likeness (QED) is 0.641. The van der Waals surface area contributed by atoms with Crippen LogP contribution in [0.5, 0.6) is 0 Å². The second-order valence-electron chi connectivity index (χ2n) is 6.65. The van der Waals surface area contributed by atoms with E-state index in [9.17, 15) is 18.0 Å². The van der Waals surface area contributed by atoms with Crippen LogP contribution in [-0.2, 0) is 19.4 Å². The molecule has 0 fully saturated rings. The summed E-state index contributed by atoms with van der Waals surface area (Å²) in [5.41, 5.74) is 3.63. The number of rotatable bonds is 5. The third kappa shape index (κ3) is 4.40. The number of sulfone groups is 1. The molecular weight excluding hydrogens is 380 g/mol. The summed E-state index contributed by atoms with van der Waals surface area (Å²) in [5, 5.41) is 3.47. The van der Waals surface area contributed by atoms with E-state index in [1.54, 1.807) is 6.07 Å². The first-order chi connectivity index (χ1) is 13.1. The Bertz CT molecular complexity index is 1160. The number of anilines is 1. The molecule has 0 saturated carbocycles. The Morgan fingerprint density at radius 3 is 2.39 bits per heavy atom. The van der Waals surface area contributed by atoms with Gasteiger partial charge in [0.2, 0.25) is 0 Å². The van der Waals surface area contributed by atoms with E-state index in [2.05, 4.69) is 10.3 Å². The zero-order valence-electron chi connectivity index (χ0n) is 15.7. The normalized spacial score (nSPS) is 11.4. The van der Waals surface area contributed by atoms with Crippen molar-refractivity contribution in [2.75, 3.05) is 18.2 Å². The van der Waals surface area contributed by atoms with Crippen molar-refractivity contribution >= 4 is 38.3 Å². The van der Waals surface area contributed by atoms with Crippen molar-refractivity contribution in [3.63, 3.8) is 0 Å². The molecule has 0 unspecified atom stereocenters. The van der Waals surface area contributed by atoms with E-state index in [1.807, 2.05) is 26.0 Å². The van der Waals surface area contributed by atoms with Crippen molar-refractivity contribution in [1.29, 1.82) is 0 Å². The summed E-state index contributed by atoms with van der Waals surface area (Å²) < 4.78 is 27.9. The predicted octanol–water partition coefficient (Wildman–Crippen LogP) is 2.98. The largest absolute Gasteiger partial charge is 0.451 e. The first kappa shape index (κ1) is 19.6. The molecule has 0 radical (unpaired) electrons. The predicted molar refractivity (Wildman–Crippen MR) is 106 cm³/mol. The highest BCUT2D eigenvalue weighted by Gasteiger charge is 2.14. The number of aromatic nitrogens is 1. The van der Waals surface area contributed by atoms with Crippen LogP contribution >= 0.6 is 0 Å². The Balaban J connectivity index is 1.61. The number of carbonyl (C=O) groups is 2. The minimum atomic E-state index is -3.30. The first-order valence-electron chi connectivity index (χ1n) is 8.50. The molecule has 0 aliphatic heterocycles. The SMILES string of the molecule is Cc1cc(C)c2cc(C(=O)OCC(=O)Nc3ccc(S(C)(=O)=O)cc3)[nH]c2c1. The Labute approximate surface area is 162 Å². The van der Waals surface area contributed by atoms with Crippen LogP contribution in [-0.4, -0.2) is 38.1 Å². The zero-order chi connectivity index (χ0) is 20.5. The molecule has 1 heterocycles. The fourth-order valence-electron chi connectivity index (χ4n) is 2.90. The Morgan fingerprint density at radius 1 is 1.07 bits per heavy atom. The van der Waals surface area contributed by atoms with Crippen LogP contribution in [0, 0.1) is 13.8 Å². The summed E-state index contributed by atoms with van der Waals surface area (Å²) in [6, 6.07) is 11.4. The highest BCUT2D eigenvalue weighted by molar-refractivity contribution is 7.90. The van der Waals surface area contributed by atoms with E-state index in [4.69, 9.17) is 4.74 Å². The molecule has 1 amide bonds. The molecular formula is C20H20N2O5S. The molecule has 7 nitrogen and oxygen atoms in total. The lowest BCUT2D eigenvalue weighted by molar-refractivity contribution is -0.119. The highest BCUT2D eigenvalue weighted by Crippen LogP contribution is 2.22. The molecule has 0 bridgehead atoms. The zero-order valence-corrected chi connectivity index (χ0v) is 16.5. The molecule has 0 atom stereocenters. The van der Waals surface area contributed by atoms with Crippen LogP contribution in [0.4, 0.5) is 5.69 Å². The van der Waals surface area contributed by atoms with Crippen molar-refractivity contribution < 1.29 is 22.7 Å². The van der Waals surface area contributed by atoms with Gasteiger partial charge in [-0.2, -0.15) is 0 Å². The van der Waals surface area contributed by atoms with E-state index >= 15 is 0 Å². The van der Waals surface area contributed by atoms with Gasteiger partial charge in [-0.25, -0.2) is 13.2 Å². The minimum Gasteiger partial charge on any atom is -0.451 e. The van der Waals surface area contributed by atoms with Crippen molar-refractivity contribution in [3.05, 3.63) is 59.3 Å². The molecule has 0 aliphatic rings. The molecule has 28 heavy (non-hydrogen) atoms. The van der Waals surface area contributed by atoms with Gasteiger partial charge >= 0.3 is 5.97 Å². The lowest BCUT2D eigenvalue weighted by atomic mass is 10.1. The summed E-state index contributed by atoms with van der Waals surface area (Å²) in [4.78, 5) is 27.4. The van der Waals surface area contributed by atoms with Crippen molar-refractivity contribution in [1.82, 2.24) is 4.98 Å². The van der Waals surface area contributed by atoms with Crippen LogP contribution in [0.1, 0.15) is 21.6 Å². The summed E-state index contributed by atoms with van der Waals surface area (Å²) in [7, 11) is -3.30. The Morgan fingerprint density at radius 2 is 1.75 bits per heavy atom. The number of aromatic amines is 1. The van der Waals surface area contributed by atoms with Crippen molar-refractivity contribution in [2.24, 2.45) is 0 Å².